The van der Waals surface area contributed by atoms with E-state index in [1.807, 2.05) is 0 Å². The van der Waals surface area contributed by atoms with Crippen molar-refractivity contribution in [1.29, 1.82) is 5.26 Å². The van der Waals surface area contributed by atoms with Crippen LogP contribution in [0.4, 0.5) is 0 Å². The maximum absolute atomic E-state index is 7.98. The molecule has 0 aromatic carbocycles. The predicted molar refractivity (Wildman–Crippen MR) is 28.3 cm³/mol. The number of nitriles is 1. The second-order valence-corrected chi connectivity index (χ2v) is 1.24. The molecule has 0 radical (unpaired) electrons. The Labute approximate surface area is 51.7 Å². The first-order valence-electron chi connectivity index (χ1n) is 2.25. The van der Waals surface area contributed by atoms with E-state index in [0.717, 1.165) is 0 Å². The average Bonchev–Trinajstić information content (AvgIpc) is 1.91. The highest BCUT2D eigenvalue weighted by Crippen LogP contribution is 1.97. The topological polar surface area (TPSA) is 58.8 Å². The molecule has 1 heterocycles. The molecule has 0 N–H and O–H groups in total. The minimum Gasteiger partial charge on any atom is -0.366 e. The minimum atomic E-state index is 0.222. The van der Waals surface area contributed by atoms with E-state index in [2.05, 4.69) is 14.7 Å². The lowest BCUT2D eigenvalue weighted by molar-refractivity contribution is 0.483. The molecule has 0 fully saturated rings. The number of aromatic nitrogens is 2. The molecule has 0 saturated heterocycles. The van der Waals surface area contributed by atoms with Crippen LogP contribution in [0.2, 0.25) is 0 Å². The molecule has 0 aliphatic heterocycles. The summed E-state index contributed by atoms with van der Waals surface area (Å²) in [6, 6.07) is 0. The van der Waals surface area contributed by atoms with Crippen LogP contribution in [0.15, 0.2) is 18.6 Å². The fraction of sp³-hybridized carbons (Fsp3) is 0. The smallest absolute Gasteiger partial charge is 0.293 e. The number of ether oxygens (including phenoxy) is 1. The quantitative estimate of drug-likeness (QED) is 0.502. The molecule has 1 aromatic heterocycles. The molecule has 0 atom stereocenters. The molecule has 1 aromatic rings. The lowest BCUT2D eigenvalue weighted by Gasteiger charge is -1.87. The van der Waals surface area contributed by atoms with Gasteiger partial charge in [-0.15, -0.1) is 5.26 Å². The number of nitrogens with zero attached hydrogens (tertiary/aromatic N) is 3. The number of rotatable bonds is 1. The first kappa shape index (κ1) is 5.51. The van der Waals surface area contributed by atoms with Crippen LogP contribution in [0.1, 0.15) is 0 Å². The van der Waals surface area contributed by atoms with Gasteiger partial charge in [0.05, 0.1) is 6.20 Å². The van der Waals surface area contributed by atoms with Crippen LogP contribution in [-0.2, 0) is 0 Å². The van der Waals surface area contributed by atoms with Crippen molar-refractivity contribution < 1.29 is 4.74 Å². The molecule has 0 aliphatic rings. The van der Waals surface area contributed by atoms with Gasteiger partial charge in [-0.2, -0.15) is 0 Å². The normalized spacial score (nSPS) is 7.89. The number of hydrogen-bond acceptors (Lipinski definition) is 4. The van der Waals surface area contributed by atoms with Gasteiger partial charge >= 0.3 is 0 Å². The fourth-order valence-electron chi connectivity index (χ4n) is 0.385. The summed E-state index contributed by atoms with van der Waals surface area (Å²) in [5.41, 5.74) is 0. The zero-order valence-corrected chi connectivity index (χ0v) is 4.48. The molecule has 0 spiro atoms. The third kappa shape index (κ3) is 1.39. The molecule has 0 saturated carbocycles. The molecule has 0 aliphatic carbocycles. The Bertz CT molecular complexity index is 215. The van der Waals surface area contributed by atoms with Gasteiger partial charge in [-0.3, -0.25) is 4.98 Å². The van der Waals surface area contributed by atoms with Crippen molar-refractivity contribution in [2.45, 2.75) is 0 Å². The van der Waals surface area contributed by atoms with Crippen molar-refractivity contribution in [2.24, 2.45) is 0 Å². The van der Waals surface area contributed by atoms with Crippen molar-refractivity contribution in [3.05, 3.63) is 18.6 Å². The predicted octanol–water partition coefficient (Wildman–Crippen LogP) is 0.336. The van der Waals surface area contributed by atoms with E-state index < -0.39 is 0 Å². The monoisotopic (exact) mass is 121 g/mol. The highest BCUT2D eigenvalue weighted by Gasteiger charge is 1.87. The Kier molecular flexibility index (Phi) is 1.60. The van der Waals surface area contributed by atoms with Gasteiger partial charge in [0.25, 0.3) is 12.1 Å². The summed E-state index contributed by atoms with van der Waals surface area (Å²) in [7, 11) is 0. The van der Waals surface area contributed by atoms with Gasteiger partial charge in [-0.05, 0) is 0 Å². The van der Waals surface area contributed by atoms with E-state index in [0.29, 0.717) is 0 Å². The summed E-state index contributed by atoms with van der Waals surface area (Å²) in [4.78, 5) is 7.33. The molecule has 9 heavy (non-hydrogen) atoms. The zero-order valence-electron chi connectivity index (χ0n) is 4.48. The van der Waals surface area contributed by atoms with Crippen molar-refractivity contribution in [2.75, 3.05) is 0 Å². The molecule has 1 rings (SSSR count). The van der Waals surface area contributed by atoms with Crippen molar-refractivity contribution in [1.82, 2.24) is 9.97 Å². The summed E-state index contributed by atoms with van der Waals surface area (Å²) in [5, 5.41) is 7.98. The largest absolute Gasteiger partial charge is 0.366 e. The Morgan fingerprint density at radius 1 is 1.56 bits per heavy atom. The Morgan fingerprint density at radius 2 is 2.44 bits per heavy atom. The minimum absolute atomic E-state index is 0.222. The molecule has 0 bridgehead atoms. The Balaban J connectivity index is 2.76. The van der Waals surface area contributed by atoms with Crippen molar-refractivity contribution in [3.8, 4) is 12.1 Å². The summed E-state index contributed by atoms with van der Waals surface area (Å²) in [6.07, 6.45) is 5.80. The molecule has 44 valence electrons. The van der Waals surface area contributed by atoms with E-state index in [1.165, 1.54) is 24.8 Å². The van der Waals surface area contributed by atoms with E-state index in [-0.39, 0.29) is 5.88 Å². The van der Waals surface area contributed by atoms with Crippen molar-refractivity contribution >= 4 is 0 Å². The molecule has 4 heteroatoms. The highest BCUT2D eigenvalue weighted by atomic mass is 16.5. The molecular weight excluding hydrogens is 118 g/mol. The first-order chi connectivity index (χ1) is 4.43. The van der Waals surface area contributed by atoms with Crippen molar-refractivity contribution in [3.63, 3.8) is 0 Å². The molecule has 4 nitrogen and oxygen atoms in total. The standard InChI is InChI=1S/C5H3N3O/c6-4-9-5-3-7-1-2-8-5/h1-3H. The number of hydrogen-bond donors (Lipinski definition) is 0. The highest BCUT2D eigenvalue weighted by molar-refractivity contribution is 5.02. The van der Waals surface area contributed by atoms with Gasteiger partial charge in [0.2, 0.25) is 0 Å². The van der Waals surface area contributed by atoms with Gasteiger partial charge in [0, 0.05) is 12.4 Å². The summed E-state index contributed by atoms with van der Waals surface area (Å²) in [6.45, 7) is 0. The van der Waals surface area contributed by atoms with Gasteiger partial charge in [-0.25, -0.2) is 4.98 Å². The lowest BCUT2D eigenvalue weighted by Crippen LogP contribution is -1.85. The van der Waals surface area contributed by atoms with Crippen LogP contribution in [0.25, 0.3) is 0 Å². The fourth-order valence-corrected chi connectivity index (χ4v) is 0.385. The molecule has 0 amide bonds. The van der Waals surface area contributed by atoms with Crippen LogP contribution in [-0.4, -0.2) is 9.97 Å². The first-order valence-corrected chi connectivity index (χ1v) is 2.25. The summed E-state index contributed by atoms with van der Waals surface area (Å²) >= 11 is 0. The van der Waals surface area contributed by atoms with E-state index >= 15 is 0 Å². The SMILES string of the molecule is N#COc1cnccn1. The Hall–Kier alpha value is -1.63. The maximum atomic E-state index is 7.98. The second-order valence-electron chi connectivity index (χ2n) is 1.24. The van der Waals surface area contributed by atoms with Gasteiger partial charge in [-0.1, -0.05) is 0 Å². The zero-order chi connectivity index (χ0) is 6.53. The third-order valence-corrected chi connectivity index (χ3v) is 0.690. The van der Waals surface area contributed by atoms with E-state index in [4.69, 9.17) is 5.26 Å². The second kappa shape index (κ2) is 2.62. The molecule has 0 unspecified atom stereocenters. The van der Waals surface area contributed by atoms with E-state index in [1.54, 1.807) is 0 Å². The summed E-state index contributed by atoms with van der Waals surface area (Å²) < 4.78 is 4.34. The van der Waals surface area contributed by atoms with Gasteiger partial charge in [0.1, 0.15) is 0 Å². The Morgan fingerprint density at radius 3 is 3.00 bits per heavy atom. The summed E-state index contributed by atoms with van der Waals surface area (Å²) in [5.74, 6) is 0.222. The van der Waals surface area contributed by atoms with Crippen LogP contribution < -0.4 is 4.74 Å². The van der Waals surface area contributed by atoms with Crippen LogP contribution >= 0.6 is 0 Å². The van der Waals surface area contributed by atoms with Gasteiger partial charge in [0.15, 0.2) is 0 Å². The van der Waals surface area contributed by atoms with Crippen LogP contribution in [0, 0.1) is 11.5 Å². The third-order valence-electron chi connectivity index (χ3n) is 0.690. The lowest BCUT2D eigenvalue weighted by atomic mass is 10.7. The average molecular weight is 121 g/mol. The van der Waals surface area contributed by atoms with E-state index in [9.17, 15) is 0 Å². The van der Waals surface area contributed by atoms with Gasteiger partial charge < -0.3 is 4.74 Å². The maximum Gasteiger partial charge on any atom is 0.293 e. The van der Waals surface area contributed by atoms with Crippen LogP contribution in [0.3, 0.4) is 0 Å². The molecular formula is C5H3N3O. The van der Waals surface area contributed by atoms with Crippen LogP contribution in [0.5, 0.6) is 5.88 Å².